The summed E-state index contributed by atoms with van der Waals surface area (Å²) in [4.78, 5) is 39.2. The largest absolute Gasteiger partial charge is 0.465 e. The van der Waals surface area contributed by atoms with E-state index in [4.69, 9.17) is 18.9 Å². The molecule has 0 radical (unpaired) electrons. The van der Waals surface area contributed by atoms with Crippen molar-refractivity contribution in [3.8, 4) is 0 Å². The van der Waals surface area contributed by atoms with E-state index >= 15 is 0 Å². The topological polar surface area (TPSA) is 129 Å². The van der Waals surface area contributed by atoms with Gasteiger partial charge in [0.25, 0.3) is 0 Å². The summed E-state index contributed by atoms with van der Waals surface area (Å²) in [6.07, 6.45) is 55.5. The summed E-state index contributed by atoms with van der Waals surface area (Å²) in [7, 11) is 0. The van der Waals surface area contributed by atoms with Crippen molar-refractivity contribution < 1.29 is 43.5 Å². The molecule has 2 N–H and O–H groups in total. The molecule has 1 heterocycles. The van der Waals surface area contributed by atoms with Crippen molar-refractivity contribution in [1.29, 1.82) is 0 Å². The molecule has 1 saturated heterocycles. The SMILES string of the molecule is CCCCCCCCCCCCCCCCCC(=O)OCC1(CO)COCC(COC(=O)CCCCCCCCCCCCCCCCC)(COC(=O)CCCCCCCCCCCCCCCCC)C1O. The molecule has 0 aliphatic carbocycles. The fourth-order valence-electron chi connectivity index (χ4n) is 10.7. The Morgan fingerprint density at radius 2 is 0.542 bits per heavy atom. The highest BCUT2D eigenvalue weighted by atomic mass is 16.6. The van der Waals surface area contributed by atoms with Crippen LogP contribution in [0.15, 0.2) is 0 Å². The molecule has 0 spiro atoms. The van der Waals surface area contributed by atoms with E-state index in [9.17, 15) is 24.6 Å². The van der Waals surface area contributed by atoms with Gasteiger partial charge in [0.15, 0.2) is 0 Å². The second-order valence-electron chi connectivity index (χ2n) is 22.9. The molecular formula is C63H120O9. The Labute approximate surface area is 445 Å². The van der Waals surface area contributed by atoms with Gasteiger partial charge >= 0.3 is 17.9 Å². The van der Waals surface area contributed by atoms with E-state index in [2.05, 4.69) is 20.8 Å². The molecular weight excluding hydrogens is 901 g/mol. The third-order valence-corrected chi connectivity index (χ3v) is 15.8. The van der Waals surface area contributed by atoms with Crippen molar-refractivity contribution in [2.45, 2.75) is 335 Å². The van der Waals surface area contributed by atoms with Crippen molar-refractivity contribution in [2.75, 3.05) is 39.6 Å². The zero-order valence-corrected chi connectivity index (χ0v) is 48.0. The third-order valence-electron chi connectivity index (χ3n) is 15.8. The van der Waals surface area contributed by atoms with Crippen LogP contribution in [0.4, 0.5) is 0 Å². The molecule has 9 heteroatoms. The van der Waals surface area contributed by atoms with Gasteiger partial charge in [0.1, 0.15) is 19.8 Å². The average molecular weight is 1020 g/mol. The first kappa shape index (κ1) is 68.3. The van der Waals surface area contributed by atoms with Gasteiger partial charge in [0, 0.05) is 19.3 Å². The molecule has 0 aromatic rings. The Morgan fingerprint density at radius 1 is 0.347 bits per heavy atom. The van der Waals surface area contributed by atoms with Crippen molar-refractivity contribution in [3.05, 3.63) is 0 Å². The third kappa shape index (κ3) is 37.9. The van der Waals surface area contributed by atoms with Crippen LogP contribution in [0.5, 0.6) is 0 Å². The maximum atomic E-state index is 13.1. The second-order valence-corrected chi connectivity index (χ2v) is 22.9. The smallest absolute Gasteiger partial charge is 0.305 e. The van der Waals surface area contributed by atoms with Crippen LogP contribution in [0.25, 0.3) is 0 Å². The van der Waals surface area contributed by atoms with Gasteiger partial charge in [-0.25, -0.2) is 0 Å². The van der Waals surface area contributed by atoms with E-state index in [1.54, 1.807) is 0 Å². The van der Waals surface area contributed by atoms with Gasteiger partial charge in [0.2, 0.25) is 0 Å². The summed E-state index contributed by atoms with van der Waals surface area (Å²) in [5, 5.41) is 22.9. The van der Waals surface area contributed by atoms with Crippen LogP contribution in [0.1, 0.15) is 329 Å². The van der Waals surface area contributed by atoms with Crippen molar-refractivity contribution in [3.63, 3.8) is 0 Å². The fraction of sp³-hybridized carbons (Fsp3) is 0.952. The van der Waals surface area contributed by atoms with E-state index in [0.717, 1.165) is 57.8 Å². The van der Waals surface area contributed by atoms with E-state index in [1.807, 2.05) is 0 Å². The normalized spacial score (nSPS) is 16.5. The van der Waals surface area contributed by atoms with E-state index in [1.165, 1.54) is 231 Å². The summed E-state index contributed by atoms with van der Waals surface area (Å²) in [5.74, 6) is -1.10. The number of esters is 3. The van der Waals surface area contributed by atoms with Crippen LogP contribution in [-0.2, 0) is 33.3 Å². The Balaban J connectivity index is 2.56. The predicted molar refractivity (Wildman–Crippen MR) is 300 cm³/mol. The van der Waals surface area contributed by atoms with Crippen LogP contribution >= 0.6 is 0 Å². The number of hydrogen-bond acceptors (Lipinski definition) is 9. The molecule has 0 aromatic carbocycles. The highest BCUT2D eigenvalue weighted by Gasteiger charge is 2.56. The first-order valence-corrected chi connectivity index (χ1v) is 31.6. The summed E-state index contributed by atoms with van der Waals surface area (Å²) in [5.41, 5.74) is -2.68. The summed E-state index contributed by atoms with van der Waals surface area (Å²) in [6.45, 7) is 5.51. The Morgan fingerprint density at radius 3 is 0.764 bits per heavy atom. The minimum atomic E-state index is -1.36. The minimum absolute atomic E-state index is 0.0263. The number of carbonyl (C=O) groups is 3. The minimum Gasteiger partial charge on any atom is -0.465 e. The molecule has 0 saturated carbocycles. The number of aliphatic hydroxyl groups is 2. The Hall–Kier alpha value is -1.71. The summed E-state index contributed by atoms with van der Waals surface area (Å²) >= 11 is 0. The van der Waals surface area contributed by atoms with E-state index in [0.29, 0.717) is 0 Å². The lowest BCUT2D eigenvalue weighted by molar-refractivity contribution is -0.238. The molecule has 0 amide bonds. The van der Waals surface area contributed by atoms with Gasteiger partial charge in [-0.1, -0.05) is 290 Å². The highest BCUT2D eigenvalue weighted by molar-refractivity contribution is 5.70. The van der Waals surface area contributed by atoms with Crippen molar-refractivity contribution in [2.24, 2.45) is 10.8 Å². The molecule has 0 bridgehead atoms. The van der Waals surface area contributed by atoms with Gasteiger partial charge in [0.05, 0.1) is 36.8 Å². The number of ether oxygens (including phenoxy) is 4. The van der Waals surface area contributed by atoms with Gasteiger partial charge in [-0.15, -0.1) is 0 Å². The predicted octanol–water partition coefficient (Wildman–Crippen LogP) is 17.8. The van der Waals surface area contributed by atoms with Crippen molar-refractivity contribution in [1.82, 2.24) is 0 Å². The first-order valence-electron chi connectivity index (χ1n) is 31.6. The van der Waals surface area contributed by atoms with E-state index in [-0.39, 0.29) is 70.2 Å². The average Bonchev–Trinajstić information content (AvgIpc) is 3.38. The van der Waals surface area contributed by atoms with E-state index < -0.39 is 23.5 Å². The molecule has 0 aromatic heterocycles. The van der Waals surface area contributed by atoms with Crippen LogP contribution in [0, 0.1) is 10.8 Å². The lowest BCUT2D eigenvalue weighted by Crippen LogP contribution is -2.63. The molecule has 1 fully saturated rings. The number of aliphatic hydroxyl groups excluding tert-OH is 2. The lowest BCUT2D eigenvalue weighted by atomic mass is 9.68. The zero-order valence-electron chi connectivity index (χ0n) is 48.0. The number of rotatable bonds is 55. The second kappa shape index (κ2) is 50.1. The van der Waals surface area contributed by atoms with Gasteiger partial charge in [-0.05, 0) is 19.3 Å². The van der Waals surface area contributed by atoms with Gasteiger partial charge in [-0.3, -0.25) is 14.4 Å². The number of carbonyl (C=O) groups excluding carboxylic acids is 3. The monoisotopic (exact) mass is 1020 g/mol. The summed E-state index contributed by atoms with van der Waals surface area (Å²) < 4.78 is 23.4. The first-order chi connectivity index (χ1) is 35.3. The number of hydrogen-bond donors (Lipinski definition) is 2. The van der Waals surface area contributed by atoms with Crippen LogP contribution in [0.3, 0.4) is 0 Å². The zero-order chi connectivity index (χ0) is 52.3. The standard InChI is InChI=1S/C63H120O9/c1-4-7-10-13-16-19-22-25-28-31-34-37-40-43-46-49-58(65)70-55-62(52-64)53-69-54-63(61(62)68,56-71-59(66)50-47-44-41-38-35-32-29-26-23-20-17-14-11-8-5-2)57-72-60(67)51-48-45-42-39-36-33-30-27-24-21-18-15-12-9-6-3/h61,64,68H,4-57H2,1-3H3. The van der Waals surface area contributed by atoms with Crippen LogP contribution in [0.2, 0.25) is 0 Å². The van der Waals surface area contributed by atoms with Gasteiger partial charge < -0.3 is 29.2 Å². The number of unbranched alkanes of at least 4 members (excludes halogenated alkanes) is 42. The molecule has 1 aliphatic heterocycles. The maximum Gasteiger partial charge on any atom is 0.305 e. The molecule has 2 atom stereocenters. The molecule has 9 nitrogen and oxygen atoms in total. The van der Waals surface area contributed by atoms with Crippen LogP contribution < -0.4 is 0 Å². The summed E-state index contributed by atoms with van der Waals surface area (Å²) in [6, 6.07) is 0. The molecule has 1 rings (SSSR count). The molecule has 72 heavy (non-hydrogen) atoms. The van der Waals surface area contributed by atoms with Crippen molar-refractivity contribution >= 4 is 17.9 Å². The quantitative estimate of drug-likeness (QED) is 0.0348. The molecule has 2 unspecified atom stereocenters. The Bertz CT molecular complexity index is 1160. The Kier molecular flexibility index (Phi) is 47.6. The van der Waals surface area contributed by atoms with Gasteiger partial charge in [-0.2, -0.15) is 0 Å². The molecule has 1 aliphatic rings. The lowest BCUT2D eigenvalue weighted by Gasteiger charge is -2.49. The van der Waals surface area contributed by atoms with Crippen LogP contribution in [-0.4, -0.2) is 73.9 Å². The maximum absolute atomic E-state index is 13.1. The fourth-order valence-corrected chi connectivity index (χ4v) is 10.7. The highest BCUT2D eigenvalue weighted by Crippen LogP contribution is 2.41. The molecule has 426 valence electrons.